The second-order valence-electron chi connectivity index (χ2n) is 3.80. The summed E-state index contributed by atoms with van der Waals surface area (Å²) >= 11 is 5.71. The smallest absolute Gasteiger partial charge is 0.249 e. The first kappa shape index (κ1) is 12.4. The molecule has 5 heteroatoms. The van der Waals surface area contributed by atoms with Gasteiger partial charge in [0.05, 0.1) is 5.02 Å². The number of halogens is 2. The van der Waals surface area contributed by atoms with Gasteiger partial charge in [-0.25, -0.2) is 4.39 Å². The van der Waals surface area contributed by atoms with Gasteiger partial charge >= 0.3 is 0 Å². The van der Waals surface area contributed by atoms with Crippen molar-refractivity contribution in [3.63, 3.8) is 0 Å². The Morgan fingerprint density at radius 2 is 1.89 bits per heavy atom. The number of carbonyl (C=O) groups excluding carboxylic acids is 1. The van der Waals surface area contributed by atoms with Crippen LogP contribution in [-0.2, 0) is 0 Å². The molecule has 3 nitrogen and oxygen atoms in total. The maximum absolute atomic E-state index is 13.1. The minimum absolute atomic E-state index is 0.0141. The molecular weight excluding hydrogens is 255 g/mol. The number of carbonyl (C=O) groups is 1. The fraction of sp³-hybridized carbons (Fsp3) is 0. The van der Waals surface area contributed by atoms with Crippen LogP contribution in [0.4, 0.5) is 10.1 Å². The number of hydrogen-bond donors (Lipinski definition) is 2. The van der Waals surface area contributed by atoms with Crippen LogP contribution in [0.1, 0.15) is 10.4 Å². The van der Waals surface area contributed by atoms with Crippen molar-refractivity contribution in [2.24, 2.45) is 5.73 Å². The van der Waals surface area contributed by atoms with Crippen molar-refractivity contribution in [2.45, 2.75) is 0 Å². The van der Waals surface area contributed by atoms with E-state index in [1.54, 1.807) is 12.1 Å². The summed E-state index contributed by atoms with van der Waals surface area (Å²) in [6.07, 6.45) is 0. The fourth-order valence-corrected chi connectivity index (χ4v) is 1.86. The van der Waals surface area contributed by atoms with Gasteiger partial charge in [0.2, 0.25) is 5.91 Å². The van der Waals surface area contributed by atoms with E-state index >= 15 is 0 Å². The van der Waals surface area contributed by atoms with E-state index in [-0.39, 0.29) is 10.6 Å². The van der Waals surface area contributed by atoms with Crippen molar-refractivity contribution < 1.29 is 9.18 Å². The predicted octanol–water partition coefficient (Wildman–Crippen LogP) is 2.83. The van der Waals surface area contributed by atoms with E-state index in [0.29, 0.717) is 16.8 Å². The highest BCUT2D eigenvalue weighted by molar-refractivity contribution is 6.31. The summed E-state index contributed by atoms with van der Waals surface area (Å²) in [6.45, 7) is 0. The Labute approximate surface area is 108 Å². The summed E-state index contributed by atoms with van der Waals surface area (Å²) in [5, 5.41) is -0.0141. The highest BCUT2D eigenvalue weighted by atomic mass is 35.5. The first-order valence-electron chi connectivity index (χ1n) is 5.14. The van der Waals surface area contributed by atoms with Crippen LogP contribution in [0.15, 0.2) is 36.4 Å². The highest BCUT2D eigenvalue weighted by Crippen LogP contribution is 2.28. The van der Waals surface area contributed by atoms with E-state index in [9.17, 15) is 9.18 Å². The van der Waals surface area contributed by atoms with Crippen molar-refractivity contribution in [2.75, 3.05) is 5.73 Å². The average molecular weight is 265 g/mol. The largest absolute Gasteiger partial charge is 0.399 e. The van der Waals surface area contributed by atoms with Gasteiger partial charge in [0.15, 0.2) is 0 Å². The summed E-state index contributed by atoms with van der Waals surface area (Å²) in [7, 11) is 0. The second-order valence-corrected chi connectivity index (χ2v) is 4.21. The molecule has 2 rings (SSSR count). The number of nitrogens with two attached hydrogens (primary N) is 2. The zero-order valence-electron chi connectivity index (χ0n) is 9.28. The maximum Gasteiger partial charge on any atom is 0.249 e. The first-order chi connectivity index (χ1) is 8.49. The third-order valence-electron chi connectivity index (χ3n) is 2.54. The lowest BCUT2D eigenvalue weighted by Crippen LogP contribution is -2.12. The molecule has 0 heterocycles. The number of primary amides is 1. The molecule has 1 amide bonds. The summed E-state index contributed by atoms with van der Waals surface area (Å²) in [6, 6.07) is 8.97. The van der Waals surface area contributed by atoms with Crippen LogP contribution in [0.2, 0.25) is 5.02 Å². The second kappa shape index (κ2) is 4.66. The normalized spacial score (nSPS) is 10.3. The van der Waals surface area contributed by atoms with E-state index < -0.39 is 11.7 Å². The molecule has 0 aliphatic rings. The van der Waals surface area contributed by atoms with Gasteiger partial charge in [0.25, 0.3) is 0 Å². The molecule has 0 saturated carbocycles. The van der Waals surface area contributed by atoms with Crippen LogP contribution in [0.3, 0.4) is 0 Å². The molecule has 18 heavy (non-hydrogen) atoms. The Balaban J connectivity index is 2.63. The van der Waals surface area contributed by atoms with Crippen molar-refractivity contribution in [1.29, 1.82) is 0 Å². The lowest BCUT2D eigenvalue weighted by molar-refractivity contribution is 0.100. The van der Waals surface area contributed by atoms with Crippen LogP contribution in [-0.4, -0.2) is 5.91 Å². The van der Waals surface area contributed by atoms with Crippen molar-refractivity contribution in [3.8, 4) is 11.1 Å². The minimum Gasteiger partial charge on any atom is -0.399 e. The molecule has 0 aliphatic carbocycles. The van der Waals surface area contributed by atoms with Crippen molar-refractivity contribution >= 4 is 23.2 Å². The molecule has 0 bridgehead atoms. The van der Waals surface area contributed by atoms with E-state index in [0.717, 1.165) is 0 Å². The van der Waals surface area contributed by atoms with Crippen LogP contribution < -0.4 is 11.5 Å². The number of anilines is 1. The molecular formula is C13H10ClFN2O. The van der Waals surface area contributed by atoms with E-state index in [1.807, 2.05) is 0 Å². The van der Waals surface area contributed by atoms with Gasteiger partial charge < -0.3 is 11.5 Å². The van der Waals surface area contributed by atoms with Gasteiger partial charge in [-0.3, -0.25) is 4.79 Å². The molecule has 2 aromatic rings. The highest BCUT2D eigenvalue weighted by Gasteiger charge is 2.11. The molecule has 0 aliphatic heterocycles. The maximum atomic E-state index is 13.1. The van der Waals surface area contributed by atoms with Crippen LogP contribution in [0, 0.1) is 5.82 Å². The van der Waals surface area contributed by atoms with Gasteiger partial charge in [-0.1, -0.05) is 23.7 Å². The van der Waals surface area contributed by atoms with Gasteiger partial charge in [-0.05, 0) is 35.4 Å². The third kappa shape index (κ3) is 2.28. The third-order valence-corrected chi connectivity index (χ3v) is 2.83. The summed E-state index contributed by atoms with van der Waals surface area (Å²) in [5.74, 6) is -1.12. The van der Waals surface area contributed by atoms with E-state index in [2.05, 4.69) is 0 Å². The van der Waals surface area contributed by atoms with Gasteiger partial charge in [0.1, 0.15) is 5.82 Å². The molecule has 0 unspecified atom stereocenters. The van der Waals surface area contributed by atoms with Crippen LogP contribution >= 0.6 is 11.6 Å². The number of rotatable bonds is 2. The number of nitrogen functional groups attached to an aromatic ring is 1. The number of amides is 1. The zero-order chi connectivity index (χ0) is 13.3. The summed E-state index contributed by atoms with van der Waals surface area (Å²) in [4.78, 5) is 11.4. The molecule has 0 radical (unpaired) electrons. The van der Waals surface area contributed by atoms with Crippen LogP contribution in [0.5, 0.6) is 0 Å². The molecule has 4 N–H and O–H groups in total. The number of hydrogen-bond acceptors (Lipinski definition) is 2. The van der Waals surface area contributed by atoms with Crippen molar-refractivity contribution in [1.82, 2.24) is 0 Å². The molecule has 0 atom stereocenters. The first-order valence-corrected chi connectivity index (χ1v) is 5.51. The molecule has 0 saturated heterocycles. The monoisotopic (exact) mass is 264 g/mol. The van der Waals surface area contributed by atoms with Gasteiger partial charge in [0, 0.05) is 11.3 Å². The Bertz CT molecular complexity index is 628. The molecule has 92 valence electrons. The standard InChI is InChI=1S/C13H10ClFN2O/c14-11-5-7(1-4-12(11)15)9-3-2-8(16)6-10(9)13(17)18/h1-6H,16H2,(H2,17,18). The minimum atomic E-state index is -0.599. The van der Waals surface area contributed by atoms with Crippen molar-refractivity contribution in [3.05, 3.63) is 52.8 Å². The topological polar surface area (TPSA) is 69.1 Å². The predicted molar refractivity (Wildman–Crippen MR) is 69.8 cm³/mol. The Hall–Kier alpha value is -2.07. The van der Waals surface area contributed by atoms with E-state index in [4.69, 9.17) is 23.1 Å². The Kier molecular flexibility index (Phi) is 3.21. The molecule has 0 fully saturated rings. The summed E-state index contributed by atoms with van der Waals surface area (Å²) in [5.41, 5.74) is 12.8. The lowest BCUT2D eigenvalue weighted by atomic mass is 9.98. The van der Waals surface area contributed by atoms with Gasteiger partial charge in [-0.15, -0.1) is 0 Å². The fourth-order valence-electron chi connectivity index (χ4n) is 1.68. The van der Waals surface area contributed by atoms with E-state index in [1.165, 1.54) is 24.3 Å². The lowest BCUT2D eigenvalue weighted by Gasteiger charge is -2.08. The SMILES string of the molecule is NC(=O)c1cc(N)ccc1-c1ccc(F)c(Cl)c1. The Morgan fingerprint density at radius 3 is 2.50 bits per heavy atom. The summed E-state index contributed by atoms with van der Waals surface area (Å²) < 4.78 is 13.1. The molecule has 0 aromatic heterocycles. The zero-order valence-corrected chi connectivity index (χ0v) is 10.0. The Morgan fingerprint density at radius 1 is 1.17 bits per heavy atom. The number of benzene rings is 2. The molecule has 2 aromatic carbocycles. The molecule has 0 spiro atoms. The van der Waals surface area contributed by atoms with Gasteiger partial charge in [-0.2, -0.15) is 0 Å². The quantitative estimate of drug-likeness (QED) is 0.819. The average Bonchev–Trinajstić information content (AvgIpc) is 2.32. The van der Waals surface area contributed by atoms with Crippen LogP contribution in [0.25, 0.3) is 11.1 Å².